The van der Waals surface area contributed by atoms with Gasteiger partial charge in [-0.2, -0.15) is 0 Å². The molecule has 0 aliphatic carbocycles. The molecule has 1 aliphatic heterocycles. The van der Waals surface area contributed by atoms with Crippen LogP contribution in [-0.4, -0.2) is 23.3 Å². The molecule has 3 rings (SSSR count). The SMILES string of the molecule is Br.CCCCCCCCCCCCOc1cc(C(C)(C)C)ccc1CC(=O)Nc1cccc(CN2C=C(C)SC2)c1. The van der Waals surface area contributed by atoms with E-state index in [4.69, 9.17) is 4.74 Å². The molecule has 0 bridgehead atoms. The van der Waals surface area contributed by atoms with Gasteiger partial charge in [-0.05, 0) is 53.0 Å². The number of benzene rings is 2. The topological polar surface area (TPSA) is 41.6 Å². The third kappa shape index (κ3) is 13.3. The van der Waals surface area contributed by atoms with Crippen molar-refractivity contribution in [3.63, 3.8) is 0 Å². The van der Waals surface area contributed by atoms with Gasteiger partial charge in [0.15, 0.2) is 0 Å². The van der Waals surface area contributed by atoms with Crippen molar-refractivity contribution in [2.45, 2.75) is 117 Å². The van der Waals surface area contributed by atoms with Crippen LogP contribution in [0.5, 0.6) is 5.75 Å². The van der Waals surface area contributed by atoms with Gasteiger partial charge < -0.3 is 15.0 Å². The Kier molecular flexibility index (Phi) is 16.0. The van der Waals surface area contributed by atoms with E-state index in [9.17, 15) is 4.79 Å². The van der Waals surface area contributed by atoms with Crippen LogP contribution < -0.4 is 10.1 Å². The molecule has 4 nitrogen and oxygen atoms in total. The lowest BCUT2D eigenvalue weighted by Crippen LogP contribution is -2.17. The Morgan fingerprint density at radius 2 is 1.63 bits per heavy atom. The molecule has 2 aromatic carbocycles. The van der Waals surface area contributed by atoms with Gasteiger partial charge in [-0.25, -0.2) is 0 Å². The van der Waals surface area contributed by atoms with E-state index in [0.717, 1.165) is 35.8 Å². The highest BCUT2D eigenvalue weighted by molar-refractivity contribution is 8.93. The van der Waals surface area contributed by atoms with Crippen LogP contribution in [0, 0.1) is 0 Å². The monoisotopic (exact) mass is 644 g/mol. The second-order valence-corrected chi connectivity index (χ2v) is 13.5. The second-order valence-electron chi connectivity index (χ2n) is 12.3. The Bertz CT molecular complexity index is 1100. The zero-order valence-electron chi connectivity index (χ0n) is 26.1. The van der Waals surface area contributed by atoms with E-state index in [1.54, 1.807) is 0 Å². The summed E-state index contributed by atoms with van der Waals surface area (Å²) in [7, 11) is 0. The molecule has 0 saturated carbocycles. The number of hydrogen-bond donors (Lipinski definition) is 1. The van der Waals surface area contributed by atoms with Crippen molar-refractivity contribution in [3.05, 3.63) is 70.3 Å². The highest BCUT2D eigenvalue weighted by atomic mass is 79.9. The first-order chi connectivity index (χ1) is 19.2. The number of carbonyl (C=O) groups excluding carboxylic acids is 1. The molecule has 0 aromatic heterocycles. The smallest absolute Gasteiger partial charge is 0.228 e. The Labute approximate surface area is 264 Å². The molecule has 0 spiro atoms. The second kappa shape index (κ2) is 18.6. The lowest BCUT2D eigenvalue weighted by atomic mass is 9.86. The first kappa shape index (κ1) is 35.3. The Morgan fingerprint density at radius 1 is 0.951 bits per heavy atom. The molecule has 0 unspecified atom stereocenters. The number of nitrogens with zero attached hydrogens (tertiary/aromatic N) is 1. The van der Waals surface area contributed by atoms with Gasteiger partial charge in [-0.15, -0.1) is 28.7 Å². The summed E-state index contributed by atoms with van der Waals surface area (Å²) >= 11 is 1.86. The summed E-state index contributed by atoms with van der Waals surface area (Å²) < 4.78 is 6.31. The van der Waals surface area contributed by atoms with E-state index in [0.29, 0.717) is 13.0 Å². The number of amides is 1. The van der Waals surface area contributed by atoms with Gasteiger partial charge in [0, 0.05) is 24.0 Å². The third-order valence-corrected chi connectivity index (χ3v) is 8.48. The predicted molar refractivity (Wildman–Crippen MR) is 183 cm³/mol. The highest BCUT2D eigenvalue weighted by Gasteiger charge is 2.18. The summed E-state index contributed by atoms with van der Waals surface area (Å²) in [6, 6.07) is 14.5. The lowest BCUT2D eigenvalue weighted by Gasteiger charge is -2.21. The molecular weight excluding hydrogens is 592 g/mol. The largest absolute Gasteiger partial charge is 0.493 e. The van der Waals surface area contributed by atoms with Crippen LogP contribution in [0.25, 0.3) is 0 Å². The average Bonchev–Trinajstić information content (AvgIpc) is 3.31. The van der Waals surface area contributed by atoms with E-state index in [1.165, 1.54) is 73.8 Å². The summed E-state index contributed by atoms with van der Waals surface area (Å²) in [4.78, 5) is 16.7. The third-order valence-electron chi connectivity index (χ3n) is 7.46. The van der Waals surface area contributed by atoms with Gasteiger partial charge in [-0.3, -0.25) is 4.79 Å². The average molecular weight is 646 g/mol. The van der Waals surface area contributed by atoms with Gasteiger partial charge in [-0.1, -0.05) is 110 Å². The van der Waals surface area contributed by atoms with E-state index in [-0.39, 0.29) is 28.3 Å². The molecule has 1 amide bonds. The minimum atomic E-state index is -0.0167. The highest BCUT2D eigenvalue weighted by Crippen LogP contribution is 2.30. The summed E-state index contributed by atoms with van der Waals surface area (Å²) in [6.07, 6.45) is 15.6. The summed E-state index contributed by atoms with van der Waals surface area (Å²) in [5.41, 5.74) is 4.24. The van der Waals surface area contributed by atoms with Gasteiger partial charge in [0.05, 0.1) is 18.9 Å². The number of ether oxygens (including phenoxy) is 1. The maximum Gasteiger partial charge on any atom is 0.228 e. The number of halogens is 1. The molecular formula is C35H53BrN2O2S. The van der Waals surface area contributed by atoms with Crippen LogP contribution in [0.2, 0.25) is 0 Å². The molecule has 41 heavy (non-hydrogen) atoms. The number of thioether (sulfide) groups is 1. The minimum Gasteiger partial charge on any atom is -0.493 e. The minimum absolute atomic E-state index is 0. The first-order valence-corrected chi connectivity index (χ1v) is 16.4. The van der Waals surface area contributed by atoms with E-state index >= 15 is 0 Å². The summed E-state index contributed by atoms with van der Waals surface area (Å²) in [6.45, 7) is 12.6. The maximum atomic E-state index is 13.1. The van der Waals surface area contributed by atoms with Gasteiger partial charge in [0.2, 0.25) is 5.91 Å². The number of carbonyl (C=O) groups is 1. The predicted octanol–water partition coefficient (Wildman–Crippen LogP) is 10.4. The molecule has 0 fully saturated rings. The van der Waals surface area contributed by atoms with Crippen LogP contribution in [0.4, 0.5) is 5.69 Å². The standard InChI is InChI=1S/C35H52N2O2S.BrH/c1-6-7-8-9-10-11-12-13-14-15-21-39-33-24-31(35(3,4)5)20-19-30(33)23-34(38)36-32-18-16-17-29(22-32)26-37-25-28(2)40-27-37;/h16-20,22,24-25H,6-15,21,23,26-27H2,1-5H3,(H,36,38);1H. The number of unbranched alkanes of at least 4 members (excludes halogenated alkanes) is 9. The van der Waals surface area contributed by atoms with Crippen molar-refractivity contribution in [2.24, 2.45) is 0 Å². The number of allylic oxidation sites excluding steroid dienone is 1. The number of anilines is 1. The molecule has 0 radical (unpaired) electrons. The zero-order chi connectivity index (χ0) is 28.8. The van der Waals surface area contributed by atoms with Crippen molar-refractivity contribution in [1.29, 1.82) is 0 Å². The Balaban J connectivity index is 0.00000588. The van der Waals surface area contributed by atoms with Crippen LogP contribution in [0.15, 0.2) is 53.6 Å². The van der Waals surface area contributed by atoms with Crippen LogP contribution in [-0.2, 0) is 23.2 Å². The fourth-order valence-corrected chi connectivity index (χ4v) is 5.80. The summed E-state index contributed by atoms with van der Waals surface area (Å²) in [5, 5.41) is 3.11. The molecule has 1 N–H and O–H groups in total. The van der Waals surface area contributed by atoms with E-state index in [1.807, 2.05) is 23.9 Å². The van der Waals surface area contributed by atoms with Crippen LogP contribution in [0.3, 0.4) is 0 Å². The Hall–Kier alpha value is -1.92. The molecule has 6 heteroatoms. The maximum absolute atomic E-state index is 13.1. The van der Waals surface area contributed by atoms with Crippen molar-refractivity contribution < 1.29 is 9.53 Å². The number of rotatable bonds is 17. The van der Waals surface area contributed by atoms with Crippen molar-refractivity contribution in [1.82, 2.24) is 4.90 Å². The normalized spacial score (nSPS) is 13.1. The van der Waals surface area contributed by atoms with Crippen LogP contribution in [0.1, 0.15) is 116 Å². The van der Waals surface area contributed by atoms with Crippen molar-refractivity contribution >= 4 is 40.3 Å². The fourth-order valence-electron chi connectivity index (χ4n) is 5.04. The summed E-state index contributed by atoms with van der Waals surface area (Å²) in [5.74, 6) is 1.81. The quantitative estimate of drug-likeness (QED) is 0.174. The zero-order valence-corrected chi connectivity index (χ0v) is 28.6. The lowest BCUT2D eigenvalue weighted by molar-refractivity contribution is -0.115. The first-order valence-electron chi connectivity index (χ1n) is 15.4. The van der Waals surface area contributed by atoms with Gasteiger partial charge in [0.1, 0.15) is 5.75 Å². The molecule has 1 aliphatic rings. The molecule has 2 aromatic rings. The number of hydrogen-bond acceptors (Lipinski definition) is 4. The van der Waals surface area contributed by atoms with Crippen molar-refractivity contribution in [2.75, 3.05) is 17.8 Å². The van der Waals surface area contributed by atoms with Crippen LogP contribution >= 0.6 is 28.7 Å². The molecule has 0 atom stereocenters. The molecule has 1 heterocycles. The number of nitrogens with one attached hydrogen (secondary N) is 1. The molecule has 0 saturated heterocycles. The fraction of sp³-hybridized carbons (Fsp3) is 0.571. The molecule has 228 valence electrons. The van der Waals surface area contributed by atoms with Gasteiger partial charge in [0.25, 0.3) is 0 Å². The van der Waals surface area contributed by atoms with E-state index < -0.39 is 0 Å². The Morgan fingerprint density at radius 3 is 2.27 bits per heavy atom. The van der Waals surface area contributed by atoms with Crippen molar-refractivity contribution in [3.8, 4) is 5.75 Å². The van der Waals surface area contributed by atoms with Gasteiger partial charge >= 0.3 is 0 Å². The van der Waals surface area contributed by atoms with E-state index in [2.05, 4.69) is 81.4 Å².